The highest BCUT2D eigenvalue weighted by Crippen LogP contribution is 2.29. The predicted molar refractivity (Wildman–Crippen MR) is 58.8 cm³/mol. The molecule has 0 aliphatic heterocycles. The van der Waals surface area contributed by atoms with Gasteiger partial charge in [-0.1, -0.05) is 11.6 Å². The van der Waals surface area contributed by atoms with Crippen molar-refractivity contribution >= 4 is 0 Å². The van der Waals surface area contributed by atoms with E-state index in [9.17, 15) is 10.2 Å². The molecule has 0 aliphatic carbocycles. The van der Waals surface area contributed by atoms with Crippen molar-refractivity contribution in [2.75, 3.05) is 0 Å². The van der Waals surface area contributed by atoms with E-state index in [4.69, 9.17) is 5.11 Å². The van der Waals surface area contributed by atoms with Gasteiger partial charge in [-0.2, -0.15) is 0 Å². The highest BCUT2D eigenvalue weighted by Gasteiger charge is 2.07. The molecule has 0 saturated heterocycles. The van der Waals surface area contributed by atoms with Crippen LogP contribution in [0.1, 0.15) is 25.0 Å². The lowest BCUT2D eigenvalue weighted by Gasteiger charge is -2.07. The SMILES string of the molecule is CC(C)=CCc1c(O)cc(CO)cc1O. The van der Waals surface area contributed by atoms with Gasteiger partial charge in [-0.3, -0.25) is 0 Å². The fourth-order valence-electron chi connectivity index (χ4n) is 1.30. The number of aliphatic hydroxyl groups excluding tert-OH is 1. The van der Waals surface area contributed by atoms with Crippen LogP contribution in [-0.4, -0.2) is 15.3 Å². The maximum absolute atomic E-state index is 9.62. The van der Waals surface area contributed by atoms with E-state index in [1.165, 1.54) is 12.1 Å². The highest BCUT2D eigenvalue weighted by molar-refractivity contribution is 5.47. The highest BCUT2D eigenvalue weighted by atomic mass is 16.3. The Morgan fingerprint density at radius 3 is 2.13 bits per heavy atom. The van der Waals surface area contributed by atoms with Crippen LogP contribution in [0.3, 0.4) is 0 Å². The quantitative estimate of drug-likeness (QED) is 0.667. The number of hydrogen-bond acceptors (Lipinski definition) is 3. The van der Waals surface area contributed by atoms with Gasteiger partial charge in [0, 0.05) is 5.56 Å². The molecule has 3 N–H and O–H groups in total. The molecule has 0 amide bonds. The number of aromatic hydroxyl groups is 2. The van der Waals surface area contributed by atoms with Crippen molar-refractivity contribution in [1.82, 2.24) is 0 Å². The van der Waals surface area contributed by atoms with Crippen LogP contribution in [0.25, 0.3) is 0 Å². The molecular formula is C12H16O3. The second-order valence-corrected chi connectivity index (χ2v) is 3.76. The smallest absolute Gasteiger partial charge is 0.123 e. The number of phenolic OH excluding ortho intramolecular Hbond substituents is 2. The van der Waals surface area contributed by atoms with Crippen LogP contribution in [0.5, 0.6) is 11.5 Å². The third-order valence-electron chi connectivity index (χ3n) is 2.16. The molecular weight excluding hydrogens is 192 g/mol. The van der Waals surface area contributed by atoms with E-state index in [-0.39, 0.29) is 18.1 Å². The summed E-state index contributed by atoms with van der Waals surface area (Å²) in [6, 6.07) is 2.93. The molecule has 0 atom stereocenters. The topological polar surface area (TPSA) is 60.7 Å². The van der Waals surface area contributed by atoms with Gasteiger partial charge in [-0.05, 0) is 38.0 Å². The monoisotopic (exact) mass is 208 g/mol. The molecule has 0 saturated carbocycles. The Hall–Kier alpha value is -1.48. The number of allylic oxidation sites excluding steroid dienone is 2. The second-order valence-electron chi connectivity index (χ2n) is 3.76. The summed E-state index contributed by atoms with van der Waals surface area (Å²) in [5.41, 5.74) is 2.12. The largest absolute Gasteiger partial charge is 0.508 e. The minimum absolute atomic E-state index is 0.0246. The molecule has 82 valence electrons. The molecule has 0 bridgehead atoms. The van der Waals surface area contributed by atoms with Crippen molar-refractivity contribution in [3.8, 4) is 11.5 Å². The summed E-state index contributed by atoms with van der Waals surface area (Å²) in [5, 5.41) is 28.1. The molecule has 0 aromatic heterocycles. The number of aliphatic hydroxyl groups is 1. The van der Waals surface area contributed by atoms with Gasteiger partial charge < -0.3 is 15.3 Å². The van der Waals surface area contributed by atoms with E-state index in [0.717, 1.165) is 5.57 Å². The van der Waals surface area contributed by atoms with Gasteiger partial charge in [0.15, 0.2) is 0 Å². The van der Waals surface area contributed by atoms with Crippen molar-refractivity contribution in [3.63, 3.8) is 0 Å². The summed E-state index contributed by atoms with van der Waals surface area (Å²) < 4.78 is 0. The van der Waals surface area contributed by atoms with E-state index in [2.05, 4.69) is 0 Å². The minimum Gasteiger partial charge on any atom is -0.508 e. The Balaban J connectivity index is 3.03. The van der Waals surface area contributed by atoms with E-state index in [0.29, 0.717) is 17.5 Å². The molecule has 0 radical (unpaired) electrons. The van der Waals surface area contributed by atoms with Crippen LogP contribution in [0.4, 0.5) is 0 Å². The normalized spacial score (nSPS) is 10.1. The fraction of sp³-hybridized carbons (Fsp3) is 0.333. The molecule has 1 aromatic carbocycles. The lowest BCUT2D eigenvalue weighted by Crippen LogP contribution is -1.89. The Morgan fingerprint density at radius 2 is 1.73 bits per heavy atom. The van der Waals surface area contributed by atoms with Crippen molar-refractivity contribution in [2.24, 2.45) is 0 Å². The van der Waals surface area contributed by atoms with Crippen LogP contribution < -0.4 is 0 Å². The van der Waals surface area contributed by atoms with E-state index >= 15 is 0 Å². The van der Waals surface area contributed by atoms with Crippen molar-refractivity contribution in [1.29, 1.82) is 0 Å². The second kappa shape index (κ2) is 4.84. The number of benzene rings is 1. The first kappa shape index (κ1) is 11.6. The molecule has 15 heavy (non-hydrogen) atoms. The molecule has 1 aromatic rings. The van der Waals surface area contributed by atoms with Gasteiger partial charge in [-0.25, -0.2) is 0 Å². The Morgan fingerprint density at radius 1 is 1.20 bits per heavy atom. The lowest BCUT2D eigenvalue weighted by molar-refractivity contribution is 0.280. The Labute approximate surface area is 89.3 Å². The van der Waals surface area contributed by atoms with Crippen LogP contribution >= 0.6 is 0 Å². The first-order valence-corrected chi connectivity index (χ1v) is 4.82. The summed E-state index contributed by atoms with van der Waals surface area (Å²) in [6.45, 7) is 3.72. The van der Waals surface area contributed by atoms with Crippen LogP contribution in [0, 0.1) is 0 Å². The van der Waals surface area contributed by atoms with E-state index in [1.807, 2.05) is 19.9 Å². The van der Waals surface area contributed by atoms with Crippen LogP contribution in [-0.2, 0) is 13.0 Å². The summed E-state index contributed by atoms with van der Waals surface area (Å²) in [4.78, 5) is 0. The Bertz CT molecular complexity index is 353. The van der Waals surface area contributed by atoms with Crippen molar-refractivity contribution in [3.05, 3.63) is 34.9 Å². The summed E-state index contributed by atoms with van der Waals surface area (Å²) in [7, 11) is 0. The molecule has 0 fully saturated rings. The summed E-state index contributed by atoms with van der Waals surface area (Å²) >= 11 is 0. The summed E-state index contributed by atoms with van der Waals surface area (Å²) in [6.07, 6.45) is 2.42. The third kappa shape index (κ3) is 2.99. The zero-order chi connectivity index (χ0) is 11.4. The molecule has 0 aliphatic rings. The first-order chi connectivity index (χ1) is 7.04. The molecule has 0 spiro atoms. The van der Waals surface area contributed by atoms with Crippen LogP contribution in [0.2, 0.25) is 0 Å². The number of phenols is 2. The average molecular weight is 208 g/mol. The zero-order valence-electron chi connectivity index (χ0n) is 8.99. The van der Waals surface area contributed by atoms with E-state index in [1.54, 1.807) is 0 Å². The number of hydrogen-bond donors (Lipinski definition) is 3. The molecule has 1 rings (SSSR count). The van der Waals surface area contributed by atoms with Crippen molar-refractivity contribution in [2.45, 2.75) is 26.9 Å². The van der Waals surface area contributed by atoms with Gasteiger partial charge in [-0.15, -0.1) is 0 Å². The van der Waals surface area contributed by atoms with Gasteiger partial charge in [0.05, 0.1) is 6.61 Å². The van der Waals surface area contributed by atoms with Gasteiger partial charge in [0.25, 0.3) is 0 Å². The van der Waals surface area contributed by atoms with Gasteiger partial charge >= 0.3 is 0 Å². The minimum atomic E-state index is -0.190. The third-order valence-corrected chi connectivity index (χ3v) is 2.16. The first-order valence-electron chi connectivity index (χ1n) is 4.82. The average Bonchev–Trinajstić information content (AvgIpc) is 2.15. The molecule has 3 heteroatoms. The number of rotatable bonds is 3. The maximum atomic E-state index is 9.62. The van der Waals surface area contributed by atoms with E-state index < -0.39 is 0 Å². The fourth-order valence-corrected chi connectivity index (χ4v) is 1.30. The van der Waals surface area contributed by atoms with Crippen molar-refractivity contribution < 1.29 is 15.3 Å². The summed E-state index contributed by atoms with van der Waals surface area (Å²) in [5.74, 6) is 0.0492. The molecule has 0 heterocycles. The van der Waals surface area contributed by atoms with Gasteiger partial charge in [0.1, 0.15) is 11.5 Å². The van der Waals surface area contributed by atoms with Crippen LogP contribution in [0.15, 0.2) is 23.8 Å². The van der Waals surface area contributed by atoms with Gasteiger partial charge in [0.2, 0.25) is 0 Å². The maximum Gasteiger partial charge on any atom is 0.123 e. The zero-order valence-corrected chi connectivity index (χ0v) is 8.99. The molecule has 3 nitrogen and oxygen atoms in total. The predicted octanol–water partition coefficient (Wildman–Crippen LogP) is 2.10. The molecule has 0 unspecified atom stereocenters. The standard InChI is InChI=1S/C12H16O3/c1-8(2)3-4-10-11(14)5-9(7-13)6-12(10)15/h3,5-6,13-15H,4,7H2,1-2H3. The Kier molecular flexibility index (Phi) is 3.74. The lowest BCUT2D eigenvalue weighted by atomic mass is 10.0.